The molecule has 0 bridgehead atoms. The van der Waals surface area contributed by atoms with E-state index in [4.69, 9.17) is 0 Å². The van der Waals surface area contributed by atoms with Crippen molar-refractivity contribution in [1.29, 1.82) is 0 Å². The predicted molar refractivity (Wildman–Crippen MR) is 63.6 cm³/mol. The van der Waals surface area contributed by atoms with Gasteiger partial charge in [0.2, 0.25) is 0 Å². The molecule has 0 radical (unpaired) electrons. The van der Waals surface area contributed by atoms with E-state index >= 15 is 0 Å². The number of aliphatic hydroxyl groups is 1. The lowest BCUT2D eigenvalue weighted by Gasteiger charge is -2.28. The first-order chi connectivity index (χ1) is 8.24. The van der Waals surface area contributed by atoms with Crippen molar-refractivity contribution in [1.82, 2.24) is 14.5 Å². The van der Waals surface area contributed by atoms with Crippen LogP contribution >= 0.6 is 0 Å². The number of rotatable bonds is 2. The number of carbonyl (C=O) groups excluding carboxylic acids is 1. The first kappa shape index (κ1) is 12.1. The fourth-order valence-electron chi connectivity index (χ4n) is 2.34. The maximum absolute atomic E-state index is 12.4. The number of aromatic nitrogens is 2. The molecule has 1 fully saturated rings. The zero-order valence-electron chi connectivity index (χ0n) is 10.2. The molecule has 0 aromatic carbocycles. The van der Waals surface area contributed by atoms with Gasteiger partial charge in [-0.2, -0.15) is 0 Å². The number of hydrogen-bond donors (Lipinski definition) is 1. The van der Waals surface area contributed by atoms with Crippen LogP contribution in [-0.4, -0.2) is 44.7 Å². The minimum absolute atomic E-state index is 0.0223. The van der Waals surface area contributed by atoms with E-state index in [0.717, 1.165) is 32.2 Å². The molecule has 1 aromatic rings. The standard InChI is InChI=1S/C12H19N3O2/c1-14-9-13-7-11(14)12(17)15-6-4-2-3-5-10(15)8-16/h7,9-10,16H,2-6,8H2,1H3. The monoisotopic (exact) mass is 237 g/mol. The van der Waals surface area contributed by atoms with Gasteiger partial charge in [0.25, 0.3) is 5.91 Å². The first-order valence-electron chi connectivity index (χ1n) is 6.12. The van der Waals surface area contributed by atoms with Gasteiger partial charge >= 0.3 is 0 Å². The van der Waals surface area contributed by atoms with Crippen molar-refractivity contribution >= 4 is 5.91 Å². The van der Waals surface area contributed by atoms with Gasteiger partial charge in [-0.1, -0.05) is 12.8 Å². The van der Waals surface area contributed by atoms with Crippen LogP contribution in [0.15, 0.2) is 12.5 Å². The van der Waals surface area contributed by atoms with Crippen LogP contribution in [0.5, 0.6) is 0 Å². The van der Waals surface area contributed by atoms with Gasteiger partial charge in [-0.15, -0.1) is 0 Å². The number of nitrogens with zero attached hydrogens (tertiary/aromatic N) is 3. The van der Waals surface area contributed by atoms with Gasteiger partial charge in [0.15, 0.2) is 0 Å². The fourth-order valence-corrected chi connectivity index (χ4v) is 2.34. The van der Waals surface area contributed by atoms with Crippen LogP contribution in [0.3, 0.4) is 0 Å². The number of hydrogen-bond acceptors (Lipinski definition) is 3. The van der Waals surface area contributed by atoms with Gasteiger partial charge in [-0.05, 0) is 12.8 Å². The summed E-state index contributed by atoms with van der Waals surface area (Å²) in [6, 6.07) is -0.0418. The molecule has 2 heterocycles. The lowest BCUT2D eigenvalue weighted by molar-refractivity contribution is 0.0590. The molecule has 5 nitrogen and oxygen atoms in total. The summed E-state index contributed by atoms with van der Waals surface area (Å²) < 4.78 is 1.72. The van der Waals surface area contributed by atoms with Crippen LogP contribution in [0, 0.1) is 0 Å². The Balaban J connectivity index is 2.18. The van der Waals surface area contributed by atoms with E-state index in [1.807, 2.05) is 7.05 Å². The topological polar surface area (TPSA) is 58.4 Å². The lowest BCUT2D eigenvalue weighted by atomic mass is 10.1. The van der Waals surface area contributed by atoms with E-state index in [1.165, 1.54) is 0 Å². The van der Waals surface area contributed by atoms with Crippen LogP contribution in [0.1, 0.15) is 36.2 Å². The normalized spacial score (nSPS) is 21.3. The molecule has 1 saturated heterocycles. The van der Waals surface area contributed by atoms with E-state index in [-0.39, 0.29) is 18.6 Å². The summed E-state index contributed by atoms with van der Waals surface area (Å²) in [5.74, 6) is -0.0223. The van der Waals surface area contributed by atoms with E-state index in [1.54, 1.807) is 22.0 Å². The van der Waals surface area contributed by atoms with Crippen molar-refractivity contribution in [2.45, 2.75) is 31.7 Å². The fraction of sp³-hybridized carbons (Fsp3) is 0.667. The van der Waals surface area contributed by atoms with Crippen LogP contribution < -0.4 is 0 Å². The van der Waals surface area contributed by atoms with Crippen molar-refractivity contribution < 1.29 is 9.90 Å². The zero-order chi connectivity index (χ0) is 12.3. The summed E-state index contributed by atoms with van der Waals surface area (Å²) in [4.78, 5) is 18.1. The van der Waals surface area contributed by atoms with Crippen molar-refractivity contribution in [3.63, 3.8) is 0 Å². The highest BCUT2D eigenvalue weighted by molar-refractivity contribution is 5.92. The lowest BCUT2D eigenvalue weighted by Crippen LogP contribution is -2.42. The molecule has 1 N–H and O–H groups in total. The number of likely N-dealkylation sites (tertiary alicyclic amines) is 1. The molecule has 0 spiro atoms. The van der Waals surface area contributed by atoms with Gasteiger partial charge in [0.05, 0.1) is 25.2 Å². The highest BCUT2D eigenvalue weighted by atomic mass is 16.3. The molecular formula is C12H19N3O2. The Morgan fingerprint density at radius 1 is 1.53 bits per heavy atom. The van der Waals surface area contributed by atoms with E-state index in [9.17, 15) is 9.90 Å². The van der Waals surface area contributed by atoms with E-state index in [0.29, 0.717) is 5.69 Å². The van der Waals surface area contributed by atoms with Gasteiger partial charge < -0.3 is 14.6 Å². The van der Waals surface area contributed by atoms with Gasteiger partial charge in [0, 0.05) is 13.6 Å². The Kier molecular flexibility index (Phi) is 3.78. The summed E-state index contributed by atoms with van der Waals surface area (Å²) in [6.45, 7) is 0.777. The molecule has 1 unspecified atom stereocenters. The molecular weight excluding hydrogens is 218 g/mol. The second-order valence-electron chi connectivity index (χ2n) is 4.57. The van der Waals surface area contributed by atoms with Crippen molar-refractivity contribution in [2.75, 3.05) is 13.2 Å². The van der Waals surface area contributed by atoms with Crippen molar-refractivity contribution in [2.24, 2.45) is 7.05 Å². The van der Waals surface area contributed by atoms with Crippen LogP contribution in [0.25, 0.3) is 0 Å². The highest BCUT2D eigenvalue weighted by Crippen LogP contribution is 2.18. The summed E-state index contributed by atoms with van der Waals surface area (Å²) in [6.07, 6.45) is 7.33. The van der Waals surface area contributed by atoms with Crippen LogP contribution in [-0.2, 0) is 7.05 Å². The third-order valence-corrected chi connectivity index (χ3v) is 3.38. The van der Waals surface area contributed by atoms with Crippen molar-refractivity contribution in [3.8, 4) is 0 Å². The number of aryl methyl sites for hydroxylation is 1. The molecule has 1 aromatic heterocycles. The minimum atomic E-state index is -0.0418. The maximum Gasteiger partial charge on any atom is 0.272 e. The van der Waals surface area contributed by atoms with Gasteiger partial charge in [0.1, 0.15) is 5.69 Å². The Hall–Kier alpha value is -1.36. The van der Waals surface area contributed by atoms with E-state index < -0.39 is 0 Å². The Morgan fingerprint density at radius 2 is 2.35 bits per heavy atom. The number of aliphatic hydroxyl groups excluding tert-OH is 1. The quantitative estimate of drug-likeness (QED) is 0.827. The number of amides is 1. The van der Waals surface area contributed by atoms with E-state index in [2.05, 4.69) is 4.98 Å². The molecule has 0 saturated carbocycles. The molecule has 2 rings (SSSR count). The Bertz CT molecular complexity index is 389. The molecule has 1 aliphatic heterocycles. The Labute approximate surface area is 101 Å². The molecule has 0 aliphatic carbocycles. The summed E-state index contributed by atoms with van der Waals surface area (Å²) >= 11 is 0. The Morgan fingerprint density at radius 3 is 3.00 bits per heavy atom. The molecule has 1 atom stereocenters. The zero-order valence-corrected chi connectivity index (χ0v) is 10.2. The second kappa shape index (κ2) is 5.31. The third kappa shape index (κ3) is 2.49. The van der Waals surface area contributed by atoms with Crippen LogP contribution in [0.4, 0.5) is 0 Å². The number of carbonyl (C=O) groups is 1. The summed E-state index contributed by atoms with van der Waals surface area (Å²) in [5, 5.41) is 9.39. The summed E-state index contributed by atoms with van der Waals surface area (Å²) in [7, 11) is 1.81. The first-order valence-corrected chi connectivity index (χ1v) is 6.12. The molecule has 1 amide bonds. The van der Waals surface area contributed by atoms with Crippen molar-refractivity contribution in [3.05, 3.63) is 18.2 Å². The average Bonchev–Trinajstić information content (AvgIpc) is 2.64. The molecule has 94 valence electrons. The smallest absolute Gasteiger partial charge is 0.272 e. The largest absolute Gasteiger partial charge is 0.394 e. The second-order valence-corrected chi connectivity index (χ2v) is 4.57. The highest BCUT2D eigenvalue weighted by Gasteiger charge is 2.26. The third-order valence-electron chi connectivity index (χ3n) is 3.38. The summed E-state index contributed by atoms with van der Waals surface area (Å²) in [5.41, 5.74) is 0.588. The average molecular weight is 237 g/mol. The number of imidazole rings is 1. The predicted octanol–water partition coefficient (Wildman–Crippen LogP) is 0.797. The maximum atomic E-state index is 12.4. The molecule has 17 heavy (non-hydrogen) atoms. The molecule has 1 aliphatic rings. The van der Waals surface area contributed by atoms with Gasteiger partial charge in [-0.25, -0.2) is 4.98 Å². The SMILES string of the molecule is Cn1cncc1C(=O)N1CCCCCC1CO. The molecule has 5 heteroatoms. The minimum Gasteiger partial charge on any atom is -0.394 e. The van der Waals surface area contributed by atoms with Crippen LogP contribution in [0.2, 0.25) is 0 Å². The van der Waals surface area contributed by atoms with Gasteiger partial charge in [-0.3, -0.25) is 4.79 Å².